The summed E-state index contributed by atoms with van der Waals surface area (Å²) in [5, 5.41) is 14.2. The van der Waals surface area contributed by atoms with Crippen LogP contribution in [0, 0.1) is 5.92 Å². The van der Waals surface area contributed by atoms with Crippen LogP contribution in [0.25, 0.3) is 10.8 Å². The van der Waals surface area contributed by atoms with Crippen molar-refractivity contribution in [3.63, 3.8) is 0 Å². The fourth-order valence-corrected chi connectivity index (χ4v) is 2.79. The van der Waals surface area contributed by atoms with Crippen LogP contribution in [0.1, 0.15) is 29.6 Å². The summed E-state index contributed by atoms with van der Waals surface area (Å²) in [6.07, 6.45) is 9.32. The molecule has 1 aromatic heterocycles. The van der Waals surface area contributed by atoms with Crippen molar-refractivity contribution in [2.45, 2.75) is 19.3 Å². The Morgan fingerprint density at radius 2 is 2.10 bits per heavy atom. The van der Waals surface area contributed by atoms with Crippen LogP contribution in [0.15, 0.2) is 42.6 Å². The fraction of sp³-hybridized carbons (Fsp3) is 0.294. The second-order valence-electron chi connectivity index (χ2n) is 5.40. The molecule has 0 aliphatic heterocycles. The SMILES string of the molecule is O=C(O)c1cnc(NCC2CC=CCC2)c2ccccc12. The molecular formula is C17H18N2O2. The second-order valence-corrected chi connectivity index (χ2v) is 5.40. The number of hydrogen-bond donors (Lipinski definition) is 2. The minimum Gasteiger partial charge on any atom is -0.478 e. The van der Waals surface area contributed by atoms with Gasteiger partial charge >= 0.3 is 5.97 Å². The van der Waals surface area contributed by atoms with Crippen LogP contribution < -0.4 is 5.32 Å². The maximum Gasteiger partial charge on any atom is 0.337 e. The highest BCUT2D eigenvalue weighted by molar-refractivity contribution is 6.06. The van der Waals surface area contributed by atoms with E-state index < -0.39 is 5.97 Å². The summed E-state index contributed by atoms with van der Waals surface area (Å²) >= 11 is 0. The van der Waals surface area contributed by atoms with Crippen LogP contribution >= 0.6 is 0 Å². The molecule has 21 heavy (non-hydrogen) atoms. The van der Waals surface area contributed by atoms with E-state index in [0.717, 1.165) is 36.0 Å². The molecule has 3 rings (SSSR count). The zero-order chi connectivity index (χ0) is 14.7. The molecule has 0 amide bonds. The van der Waals surface area contributed by atoms with Crippen LogP contribution in [0.3, 0.4) is 0 Å². The molecule has 1 aliphatic carbocycles. The van der Waals surface area contributed by atoms with Crippen molar-refractivity contribution in [2.75, 3.05) is 11.9 Å². The number of carboxylic acid groups (broad SMARTS) is 1. The Labute approximate surface area is 123 Å². The smallest absolute Gasteiger partial charge is 0.337 e. The fourth-order valence-electron chi connectivity index (χ4n) is 2.79. The van der Waals surface area contributed by atoms with E-state index in [-0.39, 0.29) is 5.56 Å². The van der Waals surface area contributed by atoms with E-state index in [0.29, 0.717) is 5.92 Å². The van der Waals surface area contributed by atoms with Crippen molar-refractivity contribution in [1.29, 1.82) is 0 Å². The van der Waals surface area contributed by atoms with E-state index >= 15 is 0 Å². The molecule has 0 radical (unpaired) electrons. The Morgan fingerprint density at radius 1 is 1.29 bits per heavy atom. The zero-order valence-corrected chi connectivity index (χ0v) is 11.7. The molecule has 0 saturated heterocycles. The Bertz CT molecular complexity index is 694. The Morgan fingerprint density at radius 3 is 2.81 bits per heavy atom. The molecule has 0 fully saturated rings. The molecule has 1 aliphatic rings. The number of nitrogens with one attached hydrogen (secondary N) is 1. The van der Waals surface area contributed by atoms with Gasteiger partial charge in [0.1, 0.15) is 5.82 Å². The number of fused-ring (bicyclic) bond motifs is 1. The first-order valence-electron chi connectivity index (χ1n) is 7.25. The Kier molecular flexibility index (Phi) is 3.86. The van der Waals surface area contributed by atoms with Crippen LogP contribution in [0.5, 0.6) is 0 Å². The van der Waals surface area contributed by atoms with Crippen LogP contribution in [0.2, 0.25) is 0 Å². The summed E-state index contributed by atoms with van der Waals surface area (Å²) in [5.41, 5.74) is 0.247. The summed E-state index contributed by atoms with van der Waals surface area (Å²) in [5.74, 6) is 0.447. The van der Waals surface area contributed by atoms with Gasteiger partial charge in [-0.25, -0.2) is 9.78 Å². The maximum atomic E-state index is 11.3. The number of anilines is 1. The number of pyridine rings is 1. The number of carboxylic acids is 1. The lowest BCUT2D eigenvalue weighted by molar-refractivity contribution is 0.0698. The minimum absolute atomic E-state index is 0.247. The highest BCUT2D eigenvalue weighted by Crippen LogP contribution is 2.25. The monoisotopic (exact) mass is 282 g/mol. The van der Waals surface area contributed by atoms with E-state index in [9.17, 15) is 9.90 Å². The first-order chi connectivity index (χ1) is 10.3. The Hall–Kier alpha value is -2.36. The lowest BCUT2D eigenvalue weighted by Crippen LogP contribution is -2.16. The number of nitrogens with zero attached hydrogens (tertiary/aromatic N) is 1. The van der Waals surface area contributed by atoms with E-state index in [4.69, 9.17) is 0 Å². The summed E-state index contributed by atoms with van der Waals surface area (Å²) < 4.78 is 0. The molecule has 1 aromatic carbocycles. The number of rotatable bonds is 4. The molecule has 108 valence electrons. The van der Waals surface area contributed by atoms with Gasteiger partial charge in [-0.15, -0.1) is 0 Å². The molecule has 1 atom stereocenters. The first-order valence-corrected chi connectivity index (χ1v) is 7.25. The second kappa shape index (κ2) is 5.95. The lowest BCUT2D eigenvalue weighted by atomic mass is 9.94. The summed E-state index contributed by atoms with van der Waals surface area (Å²) in [6.45, 7) is 0.869. The summed E-state index contributed by atoms with van der Waals surface area (Å²) in [6, 6.07) is 7.50. The van der Waals surface area contributed by atoms with Gasteiger partial charge in [0.15, 0.2) is 0 Å². The van der Waals surface area contributed by atoms with Gasteiger partial charge < -0.3 is 10.4 Å². The molecular weight excluding hydrogens is 264 g/mol. The molecule has 1 unspecified atom stereocenters. The number of carbonyl (C=O) groups is 1. The van der Waals surface area contributed by atoms with Gasteiger partial charge in [0.2, 0.25) is 0 Å². The molecule has 4 nitrogen and oxygen atoms in total. The van der Waals surface area contributed by atoms with Crippen molar-refractivity contribution in [3.8, 4) is 0 Å². The van der Waals surface area contributed by atoms with E-state index in [1.807, 2.05) is 24.3 Å². The van der Waals surface area contributed by atoms with Gasteiger partial charge in [0.25, 0.3) is 0 Å². The highest BCUT2D eigenvalue weighted by Gasteiger charge is 2.14. The zero-order valence-electron chi connectivity index (χ0n) is 11.7. The molecule has 2 N–H and O–H groups in total. The van der Waals surface area contributed by atoms with E-state index in [2.05, 4.69) is 22.5 Å². The van der Waals surface area contributed by atoms with Gasteiger partial charge in [-0.2, -0.15) is 0 Å². The normalized spacial score (nSPS) is 17.8. The maximum absolute atomic E-state index is 11.3. The average Bonchev–Trinajstić information content (AvgIpc) is 2.53. The quantitative estimate of drug-likeness (QED) is 0.839. The third kappa shape index (κ3) is 2.89. The lowest BCUT2D eigenvalue weighted by Gasteiger charge is -2.19. The van der Waals surface area contributed by atoms with Crippen molar-refractivity contribution < 1.29 is 9.90 Å². The van der Waals surface area contributed by atoms with E-state index in [1.54, 1.807) is 0 Å². The molecule has 0 saturated carbocycles. The average molecular weight is 282 g/mol. The number of benzene rings is 1. The van der Waals surface area contributed by atoms with Crippen LogP contribution in [0.4, 0.5) is 5.82 Å². The van der Waals surface area contributed by atoms with Crippen molar-refractivity contribution >= 4 is 22.6 Å². The number of allylic oxidation sites excluding steroid dienone is 2. The standard InChI is InChI=1S/C17H18N2O2/c20-17(21)15-11-19-16(14-9-5-4-8-13(14)15)18-10-12-6-2-1-3-7-12/h1-2,4-5,8-9,11-12H,3,6-7,10H2,(H,18,19)(H,20,21). The molecule has 0 spiro atoms. The Balaban J connectivity index is 1.87. The molecule has 0 bridgehead atoms. The summed E-state index contributed by atoms with van der Waals surface area (Å²) in [4.78, 5) is 15.6. The van der Waals surface area contributed by atoms with Gasteiger partial charge in [0.05, 0.1) is 5.56 Å². The molecule has 1 heterocycles. The van der Waals surface area contributed by atoms with Gasteiger partial charge in [-0.3, -0.25) is 0 Å². The molecule has 4 heteroatoms. The van der Waals surface area contributed by atoms with Gasteiger partial charge in [0, 0.05) is 23.5 Å². The third-order valence-corrected chi connectivity index (χ3v) is 3.96. The topological polar surface area (TPSA) is 62.2 Å². The predicted octanol–water partition coefficient (Wildman–Crippen LogP) is 3.70. The number of aromatic nitrogens is 1. The first kappa shape index (κ1) is 13.6. The minimum atomic E-state index is -0.942. The largest absolute Gasteiger partial charge is 0.478 e. The van der Waals surface area contributed by atoms with Crippen molar-refractivity contribution in [1.82, 2.24) is 4.98 Å². The number of hydrogen-bond acceptors (Lipinski definition) is 3. The van der Waals surface area contributed by atoms with E-state index in [1.165, 1.54) is 12.6 Å². The third-order valence-electron chi connectivity index (χ3n) is 3.96. The van der Waals surface area contributed by atoms with Crippen molar-refractivity contribution in [3.05, 3.63) is 48.2 Å². The van der Waals surface area contributed by atoms with Gasteiger partial charge in [-0.05, 0) is 25.2 Å². The highest BCUT2D eigenvalue weighted by atomic mass is 16.4. The van der Waals surface area contributed by atoms with Crippen LogP contribution in [-0.4, -0.2) is 22.6 Å². The predicted molar refractivity (Wildman–Crippen MR) is 83.7 cm³/mol. The van der Waals surface area contributed by atoms with Gasteiger partial charge in [-0.1, -0.05) is 36.4 Å². The molecule has 2 aromatic rings. The number of aromatic carboxylic acids is 1. The van der Waals surface area contributed by atoms with Crippen molar-refractivity contribution in [2.24, 2.45) is 5.92 Å². The summed E-state index contributed by atoms with van der Waals surface area (Å²) in [7, 11) is 0. The van der Waals surface area contributed by atoms with Crippen LogP contribution in [-0.2, 0) is 0 Å².